The van der Waals surface area contributed by atoms with Crippen LogP contribution >= 0.6 is 12.6 Å². The van der Waals surface area contributed by atoms with Crippen LogP contribution in [-0.4, -0.2) is 5.11 Å². The van der Waals surface area contributed by atoms with Crippen molar-refractivity contribution in [2.45, 2.75) is 18.7 Å². The molecule has 3 aromatic rings. The first-order valence-electron chi connectivity index (χ1n) is 8.12. The predicted molar refractivity (Wildman–Crippen MR) is 109 cm³/mol. The summed E-state index contributed by atoms with van der Waals surface area (Å²) in [6.07, 6.45) is 0. The Labute approximate surface area is 154 Å². The van der Waals surface area contributed by atoms with Gasteiger partial charge in [-0.2, -0.15) is 0 Å². The lowest BCUT2D eigenvalue weighted by molar-refractivity contribution is 0.476. The highest BCUT2D eigenvalue weighted by Gasteiger charge is 2.14. The molecule has 0 aliphatic heterocycles. The molecule has 2 nitrogen and oxygen atoms in total. The maximum Gasteiger partial charge on any atom is 0.140 e. The van der Waals surface area contributed by atoms with E-state index in [-0.39, 0.29) is 5.75 Å². The maximum atomic E-state index is 10.2. The molecule has 3 heteroatoms. The van der Waals surface area contributed by atoms with Crippen molar-refractivity contribution < 1.29 is 5.11 Å². The van der Waals surface area contributed by atoms with Crippen molar-refractivity contribution in [2.75, 3.05) is 5.73 Å². The molecule has 0 amide bonds. The number of phenolic OH excluding ortho intramolecular Hbond substituents is 1. The van der Waals surface area contributed by atoms with Gasteiger partial charge >= 0.3 is 0 Å². The summed E-state index contributed by atoms with van der Waals surface area (Å²) in [6.45, 7) is 4.17. The molecule has 0 unspecified atom stereocenters. The van der Waals surface area contributed by atoms with Crippen LogP contribution in [0.5, 0.6) is 5.75 Å². The standard InChI is InChI=1S/C22H21NOS/c1-14-7-6-10-17(11-14)21(15(2)16-8-4-3-5-9-16)18-12-19(24)22(23)20(25)13-18/h3-13,24-25H,23H2,1-2H3/b21-15-. The average Bonchev–Trinajstić information content (AvgIpc) is 2.60. The normalized spacial score (nSPS) is 12.0. The van der Waals surface area contributed by atoms with Crippen LogP contribution in [0.3, 0.4) is 0 Å². The van der Waals surface area contributed by atoms with Crippen LogP contribution in [0.25, 0.3) is 11.1 Å². The molecule has 0 fully saturated rings. The first kappa shape index (κ1) is 17.2. The number of rotatable bonds is 3. The Kier molecular flexibility index (Phi) is 4.86. The summed E-state index contributed by atoms with van der Waals surface area (Å²) in [6, 6.07) is 22.2. The second-order valence-corrected chi connectivity index (χ2v) is 6.65. The minimum Gasteiger partial charge on any atom is -0.506 e. The van der Waals surface area contributed by atoms with Gasteiger partial charge in [0.05, 0.1) is 5.69 Å². The lowest BCUT2D eigenvalue weighted by Crippen LogP contribution is -1.96. The number of aryl methyl sites for hydroxylation is 1. The quantitative estimate of drug-likeness (QED) is 0.252. The van der Waals surface area contributed by atoms with Gasteiger partial charge in [0.2, 0.25) is 0 Å². The molecule has 3 rings (SSSR count). The zero-order valence-corrected chi connectivity index (χ0v) is 15.2. The van der Waals surface area contributed by atoms with E-state index in [2.05, 4.69) is 56.8 Å². The van der Waals surface area contributed by atoms with Crippen molar-refractivity contribution in [2.24, 2.45) is 0 Å². The van der Waals surface area contributed by atoms with Crippen LogP contribution in [0.1, 0.15) is 29.2 Å². The molecular formula is C22H21NOS. The van der Waals surface area contributed by atoms with Crippen LogP contribution in [0.2, 0.25) is 0 Å². The van der Waals surface area contributed by atoms with Gasteiger partial charge in [0.25, 0.3) is 0 Å². The van der Waals surface area contributed by atoms with Crippen LogP contribution in [0.15, 0.2) is 71.6 Å². The van der Waals surface area contributed by atoms with E-state index in [1.807, 2.05) is 30.3 Å². The van der Waals surface area contributed by atoms with E-state index in [0.29, 0.717) is 10.6 Å². The van der Waals surface area contributed by atoms with E-state index in [9.17, 15) is 5.11 Å². The van der Waals surface area contributed by atoms with E-state index in [1.54, 1.807) is 6.07 Å². The molecule has 0 heterocycles. The van der Waals surface area contributed by atoms with Gasteiger partial charge in [-0.1, -0.05) is 60.2 Å². The average molecular weight is 347 g/mol. The van der Waals surface area contributed by atoms with Gasteiger partial charge < -0.3 is 10.8 Å². The lowest BCUT2D eigenvalue weighted by Gasteiger charge is -2.16. The third kappa shape index (κ3) is 3.57. The Morgan fingerprint density at radius 2 is 1.56 bits per heavy atom. The first-order valence-corrected chi connectivity index (χ1v) is 8.57. The third-order valence-electron chi connectivity index (χ3n) is 4.31. The predicted octanol–water partition coefficient (Wildman–Crippen LogP) is 5.55. The number of nitrogen functional groups attached to an aromatic ring is 1. The summed E-state index contributed by atoms with van der Waals surface area (Å²) in [4.78, 5) is 0.570. The van der Waals surface area contributed by atoms with Gasteiger partial charge in [-0.25, -0.2) is 0 Å². The highest BCUT2D eigenvalue weighted by Crippen LogP contribution is 2.37. The fourth-order valence-corrected chi connectivity index (χ4v) is 3.25. The Bertz CT molecular complexity index is 922. The molecule has 126 valence electrons. The Balaban J connectivity index is 2.31. The summed E-state index contributed by atoms with van der Waals surface area (Å²) in [7, 11) is 0. The highest BCUT2D eigenvalue weighted by atomic mass is 32.1. The maximum absolute atomic E-state index is 10.2. The van der Waals surface area contributed by atoms with Gasteiger partial charge in [0, 0.05) is 4.90 Å². The van der Waals surface area contributed by atoms with Crippen molar-refractivity contribution in [3.8, 4) is 5.75 Å². The van der Waals surface area contributed by atoms with E-state index in [1.165, 1.54) is 5.56 Å². The zero-order chi connectivity index (χ0) is 18.0. The number of anilines is 1. The topological polar surface area (TPSA) is 46.2 Å². The number of nitrogens with two attached hydrogens (primary N) is 1. The van der Waals surface area contributed by atoms with Crippen molar-refractivity contribution in [1.82, 2.24) is 0 Å². The minimum atomic E-state index is 0.0496. The highest BCUT2D eigenvalue weighted by molar-refractivity contribution is 7.80. The molecule has 0 spiro atoms. The SMILES string of the molecule is C/C(=C(\c1cccc(C)c1)c1cc(O)c(N)c(S)c1)c1ccccc1. The molecular weight excluding hydrogens is 326 g/mol. The van der Waals surface area contributed by atoms with E-state index >= 15 is 0 Å². The number of allylic oxidation sites excluding steroid dienone is 1. The molecule has 3 aromatic carbocycles. The monoisotopic (exact) mass is 347 g/mol. The summed E-state index contributed by atoms with van der Waals surface area (Å²) in [5, 5.41) is 10.2. The Morgan fingerprint density at radius 1 is 0.880 bits per heavy atom. The van der Waals surface area contributed by atoms with Crippen LogP contribution in [0.4, 0.5) is 5.69 Å². The second kappa shape index (κ2) is 7.08. The van der Waals surface area contributed by atoms with Gasteiger partial charge in [-0.05, 0) is 53.8 Å². The van der Waals surface area contributed by atoms with Crippen molar-refractivity contribution in [3.05, 3.63) is 89.0 Å². The molecule has 0 atom stereocenters. The Morgan fingerprint density at radius 3 is 2.20 bits per heavy atom. The van der Waals surface area contributed by atoms with Gasteiger partial charge in [0.15, 0.2) is 0 Å². The fourth-order valence-electron chi connectivity index (χ4n) is 3.00. The van der Waals surface area contributed by atoms with Crippen LogP contribution in [-0.2, 0) is 0 Å². The third-order valence-corrected chi connectivity index (χ3v) is 4.68. The summed E-state index contributed by atoms with van der Waals surface area (Å²) < 4.78 is 0. The molecule has 3 N–H and O–H groups in total. The largest absolute Gasteiger partial charge is 0.506 e. The van der Waals surface area contributed by atoms with Gasteiger partial charge in [0.1, 0.15) is 5.75 Å². The van der Waals surface area contributed by atoms with Crippen LogP contribution in [0, 0.1) is 6.92 Å². The van der Waals surface area contributed by atoms with E-state index < -0.39 is 0 Å². The minimum absolute atomic E-state index is 0.0496. The number of hydrogen-bond donors (Lipinski definition) is 3. The number of aromatic hydroxyl groups is 1. The number of phenols is 1. The van der Waals surface area contributed by atoms with Gasteiger partial charge in [-0.3, -0.25) is 0 Å². The number of hydrogen-bond acceptors (Lipinski definition) is 3. The molecule has 0 aliphatic carbocycles. The Hall–Kier alpha value is -2.65. The summed E-state index contributed by atoms with van der Waals surface area (Å²) >= 11 is 4.41. The molecule has 0 saturated carbocycles. The number of benzene rings is 3. The molecule has 0 saturated heterocycles. The van der Waals surface area contributed by atoms with Crippen molar-refractivity contribution in [3.63, 3.8) is 0 Å². The van der Waals surface area contributed by atoms with Crippen molar-refractivity contribution in [1.29, 1.82) is 0 Å². The summed E-state index contributed by atoms with van der Waals surface area (Å²) in [5.74, 6) is 0.0496. The second-order valence-electron chi connectivity index (χ2n) is 6.16. The molecule has 0 bridgehead atoms. The smallest absolute Gasteiger partial charge is 0.140 e. The van der Waals surface area contributed by atoms with E-state index in [4.69, 9.17) is 5.73 Å². The van der Waals surface area contributed by atoms with Crippen LogP contribution < -0.4 is 5.73 Å². The molecule has 0 aliphatic rings. The lowest BCUT2D eigenvalue weighted by atomic mass is 9.89. The van der Waals surface area contributed by atoms with Gasteiger partial charge in [-0.15, -0.1) is 12.6 Å². The fraction of sp³-hybridized carbons (Fsp3) is 0.0909. The van der Waals surface area contributed by atoms with Crippen molar-refractivity contribution >= 4 is 29.5 Å². The summed E-state index contributed by atoms with van der Waals surface area (Å²) in [5.41, 5.74) is 12.6. The number of thiol groups is 1. The zero-order valence-electron chi connectivity index (χ0n) is 14.3. The first-order chi connectivity index (χ1) is 12.0. The molecule has 0 aromatic heterocycles. The molecule has 0 radical (unpaired) electrons. The van der Waals surface area contributed by atoms with E-state index in [0.717, 1.165) is 27.8 Å². The molecule has 25 heavy (non-hydrogen) atoms.